The van der Waals surface area contributed by atoms with E-state index in [1.54, 1.807) is 35.5 Å². The number of fused-ring (bicyclic) bond motifs is 1. The van der Waals surface area contributed by atoms with Crippen LogP contribution in [0.15, 0.2) is 29.3 Å². The maximum absolute atomic E-state index is 5.59. The van der Waals surface area contributed by atoms with Crippen molar-refractivity contribution in [2.45, 2.75) is 19.4 Å². The third-order valence-corrected chi connectivity index (χ3v) is 5.69. The second-order valence-corrected chi connectivity index (χ2v) is 7.36. The standard InChI is InChI=1S/C24H33N3O5/c1-25-24(26-11-9-16-7-8-19(28-2)23(32-6)22(16)31-5)27-12-10-17-13-20(29-3)21(30-4)14-18(17)15-27/h7-8,13-14H,9-12,15H2,1-6H3,(H,25,26). The second kappa shape index (κ2) is 10.8. The topological polar surface area (TPSA) is 73.8 Å². The summed E-state index contributed by atoms with van der Waals surface area (Å²) in [4.78, 5) is 6.75. The highest BCUT2D eigenvalue weighted by molar-refractivity contribution is 5.80. The van der Waals surface area contributed by atoms with Crippen LogP contribution in [0.5, 0.6) is 28.7 Å². The van der Waals surface area contributed by atoms with Crippen molar-refractivity contribution >= 4 is 5.96 Å². The number of ether oxygens (including phenoxy) is 5. The van der Waals surface area contributed by atoms with Gasteiger partial charge in [0.25, 0.3) is 0 Å². The third-order valence-electron chi connectivity index (χ3n) is 5.69. The van der Waals surface area contributed by atoms with Crippen LogP contribution >= 0.6 is 0 Å². The third kappa shape index (κ3) is 4.79. The maximum Gasteiger partial charge on any atom is 0.203 e. The van der Waals surface area contributed by atoms with E-state index >= 15 is 0 Å². The normalized spacial score (nSPS) is 13.3. The van der Waals surface area contributed by atoms with Crippen LogP contribution in [-0.4, -0.2) is 66.5 Å². The molecule has 0 radical (unpaired) electrons. The molecule has 0 saturated carbocycles. The van der Waals surface area contributed by atoms with Crippen LogP contribution in [-0.2, 0) is 19.4 Å². The van der Waals surface area contributed by atoms with Crippen LogP contribution in [0.25, 0.3) is 0 Å². The van der Waals surface area contributed by atoms with E-state index in [-0.39, 0.29) is 0 Å². The van der Waals surface area contributed by atoms with Gasteiger partial charge >= 0.3 is 0 Å². The zero-order valence-corrected chi connectivity index (χ0v) is 19.8. The van der Waals surface area contributed by atoms with Gasteiger partial charge in [-0.1, -0.05) is 6.07 Å². The summed E-state index contributed by atoms with van der Waals surface area (Å²) in [5.41, 5.74) is 3.54. The summed E-state index contributed by atoms with van der Waals surface area (Å²) in [6.07, 6.45) is 1.66. The molecule has 32 heavy (non-hydrogen) atoms. The highest BCUT2D eigenvalue weighted by Crippen LogP contribution is 2.39. The summed E-state index contributed by atoms with van der Waals surface area (Å²) in [5, 5.41) is 3.48. The maximum atomic E-state index is 5.59. The first-order valence-electron chi connectivity index (χ1n) is 10.6. The van der Waals surface area contributed by atoms with Gasteiger partial charge in [-0.25, -0.2) is 0 Å². The van der Waals surface area contributed by atoms with Gasteiger partial charge in [0.15, 0.2) is 29.0 Å². The number of methoxy groups -OCH3 is 5. The van der Waals surface area contributed by atoms with Gasteiger partial charge in [0, 0.05) is 32.2 Å². The fourth-order valence-corrected chi connectivity index (χ4v) is 4.07. The van der Waals surface area contributed by atoms with Gasteiger partial charge < -0.3 is 33.9 Å². The van der Waals surface area contributed by atoms with Gasteiger partial charge in [0.05, 0.1) is 35.5 Å². The Bertz CT molecular complexity index is 961. The molecule has 174 valence electrons. The molecule has 0 atom stereocenters. The molecule has 0 spiro atoms. The summed E-state index contributed by atoms with van der Waals surface area (Å²) in [5.74, 6) is 4.33. The van der Waals surface area contributed by atoms with Crippen molar-refractivity contribution in [3.8, 4) is 28.7 Å². The number of nitrogens with one attached hydrogen (secondary N) is 1. The van der Waals surface area contributed by atoms with Gasteiger partial charge in [-0.2, -0.15) is 0 Å². The molecular weight excluding hydrogens is 410 g/mol. The highest BCUT2D eigenvalue weighted by atomic mass is 16.5. The average molecular weight is 444 g/mol. The fraction of sp³-hybridized carbons (Fsp3) is 0.458. The van der Waals surface area contributed by atoms with E-state index in [2.05, 4.69) is 27.3 Å². The molecule has 8 heteroatoms. The average Bonchev–Trinajstić information content (AvgIpc) is 2.84. The van der Waals surface area contributed by atoms with Crippen molar-refractivity contribution in [2.24, 2.45) is 4.99 Å². The smallest absolute Gasteiger partial charge is 0.203 e. The summed E-state index contributed by atoms with van der Waals surface area (Å²) in [7, 11) is 10.0. The molecule has 0 saturated heterocycles. The van der Waals surface area contributed by atoms with E-state index in [0.717, 1.165) is 49.0 Å². The molecule has 0 aromatic heterocycles. The minimum Gasteiger partial charge on any atom is -0.493 e. The Morgan fingerprint density at radius 2 is 1.53 bits per heavy atom. The first kappa shape index (κ1) is 23.4. The van der Waals surface area contributed by atoms with E-state index in [1.165, 1.54) is 11.1 Å². The summed E-state index contributed by atoms with van der Waals surface area (Å²) >= 11 is 0. The summed E-state index contributed by atoms with van der Waals surface area (Å²) in [6, 6.07) is 8.03. The zero-order valence-electron chi connectivity index (χ0n) is 19.8. The minimum absolute atomic E-state index is 0.605. The lowest BCUT2D eigenvalue weighted by molar-refractivity contribution is 0.322. The van der Waals surface area contributed by atoms with Gasteiger partial charge in [-0.3, -0.25) is 4.99 Å². The Morgan fingerprint density at radius 3 is 2.12 bits per heavy atom. The fourth-order valence-electron chi connectivity index (χ4n) is 4.07. The Kier molecular flexibility index (Phi) is 7.92. The number of nitrogens with zero attached hydrogens (tertiary/aromatic N) is 2. The van der Waals surface area contributed by atoms with Crippen LogP contribution in [0.2, 0.25) is 0 Å². The van der Waals surface area contributed by atoms with Crippen molar-refractivity contribution in [3.63, 3.8) is 0 Å². The molecule has 1 heterocycles. The molecule has 1 N–H and O–H groups in total. The van der Waals surface area contributed by atoms with E-state index in [4.69, 9.17) is 23.7 Å². The van der Waals surface area contributed by atoms with Crippen LogP contribution < -0.4 is 29.0 Å². The van der Waals surface area contributed by atoms with Crippen LogP contribution in [0.4, 0.5) is 0 Å². The van der Waals surface area contributed by atoms with Crippen molar-refractivity contribution in [2.75, 3.05) is 55.7 Å². The van der Waals surface area contributed by atoms with E-state index < -0.39 is 0 Å². The van der Waals surface area contributed by atoms with Crippen molar-refractivity contribution in [1.29, 1.82) is 0 Å². The zero-order chi connectivity index (χ0) is 23.1. The van der Waals surface area contributed by atoms with E-state index in [9.17, 15) is 0 Å². The highest BCUT2D eigenvalue weighted by Gasteiger charge is 2.22. The lowest BCUT2D eigenvalue weighted by Crippen LogP contribution is -2.44. The molecular formula is C24H33N3O5. The lowest BCUT2D eigenvalue weighted by atomic mass is 9.99. The van der Waals surface area contributed by atoms with Crippen molar-refractivity contribution < 1.29 is 23.7 Å². The summed E-state index contributed by atoms with van der Waals surface area (Å²) in [6.45, 7) is 2.34. The Hall–Kier alpha value is -3.29. The Labute approximate surface area is 190 Å². The number of aliphatic imine (C=N–C) groups is 1. The first-order valence-corrected chi connectivity index (χ1v) is 10.6. The van der Waals surface area contributed by atoms with Crippen molar-refractivity contribution in [1.82, 2.24) is 10.2 Å². The van der Waals surface area contributed by atoms with Crippen LogP contribution in [0.1, 0.15) is 16.7 Å². The molecule has 0 bridgehead atoms. The summed E-state index contributed by atoms with van der Waals surface area (Å²) < 4.78 is 27.4. The molecule has 1 aliphatic rings. The molecule has 0 fully saturated rings. The lowest BCUT2D eigenvalue weighted by Gasteiger charge is -2.32. The van der Waals surface area contributed by atoms with Crippen LogP contribution in [0.3, 0.4) is 0 Å². The largest absolute Gasteiger partial charge is 0.493 e. The number of hydrogen-bond acceptors (Lipinski definition) is 6. The van der Waals surface area contributed by atoms with E-state index in [0.29, 0.717) is 23.8 Å². The SMILES string of the molecule is CN=C(NCCc1ccc(OC)c(OC)c1OC)N1CCc2cc(OC)c(OC)cc2C1. The van der Waals surface area contributed by atoms with E-state index in [1.807, 2.05) is 19.2 Å². The number of guanidine groups is 1. The predicted octanol–water partition coefficient (Wildman–Crippen LogP) is 2.91. The van der Waals surface area contributed by atoms with Gasteiger partial charge in [-0.05, 0) is 42.2 Å². The molecule has 2 aromatic carbocycles. The molecule has 2 aromatic rings. The quantitative estimate of drug-likeness (QED) is 0.497. The second-order valence-electron chi connectivity index (χ2n) is 7.36. The van der Waals surface area contributed by atoms with Gasteiger partial charge in [0.1, 0.15) is 0 Å². The van der Waals surface area contributed by atoms with Crippen LogP contribution in [0, 0.1) is 0 Å². The minimum atomic E-state index is 0.605. The Balaban J connectivity index is 1.68. The molecule has 3 rings (SSSR count). The first-order chi connectivity index (χ1) is 15.6. The molecule has 0 amide bonds. The van der Waals surface area contributed by atoms with Crippen molar-refractivity contribution in [3.05, 3.63) is 41.0 Å². The Morgan fingerprint density at radius 1 is 0.875 bits per heavy atom. The number of benzene rings is 2. The van der Waals surface area contributed by atoms with Gasteiger partial charge in [0.2, 0.25) is 5.75 Å². The molecule has 0 aliphatic carbocycles. The van der Waals surface area contributed by atoms with Gasteiger partial charge in [-0.15, -0.1) is 0 Å². The number of rotatable bonds is 8. The monoisotopic (exact) mass is 443 g/mol. The molecule has 0 unspecified atom stereocenters. The molecule has 1 aliphatic heterocycles. The molecule has 8 nitrogen and oxygen atoms in total. The number of hydrogen-bond donors (Lipinski definition) is 1. The predicted molar refractivity (Wildman–Crippen MR) is 125 cm³/mol.